The Bertz CT molecular complexity index is 1030. The summed E-state index contributed by atoms with van der Waals surface area (Å²) in [4.78, 5) is 4.36. The lowest BCUT2D eigenvalue weighted by atomic mass is 10.1. The average Bonchev–Trinajstić information content (AvgIpc) is 3.10. The molecule has 9 heteroatoms. The summed E-state index contributed by atoms with van der Waals surface area (Å²) >= 11 is 0. The molecule has 0 fully saturated rings. The summed E-state index contributed by atoms with van der Waals surface area (Å²) in [7, 11) is -0.351. The first-order valence-corrected chi connectivity index (χ1v) is 9.43. The number of benzene rings is 2. The molecular weight excluding hydrogens is 358 g/mol. The molecule has 0 saturated heterocycles. The van der Waals surface area contributed by atoms with Crippen LogP contribution in [0, 0.1) is 0 Å². The van der Waals surface area contributed by atoms with Crippen molar-refractivity contribution in [2.45, 2.75) is 0 Å². The first-order chi connectivity index (χ1) is 12.4. The van der Waals surface area contributed by atoms with Gasteiger partial charge in [-0.25, -0.2) is 8.42 Å². The molecule has 0 aliphatic carbocycles. The highest BCUT2D eigenvalue weighted by Gasteiger charge is 2.17. The van der Waals surface area contributed by atoms with Crippen molar-refractivity contribution in [3.05, 3.63) is 42.5 Å². The average molecular weight is 375 g/mol. The lowest BCUT2D eigenvalue weighted by molar-refractivity contribution is 0.355. The molecule has 136 valence electrons. The number of hydrogen-bond acceptors (Lipinski definition) is 7. The molecule has 26 heavy (non-hydrogen) atoms. The van der Waals surface area contributed by atoms with E-state index in [9.17, 15) is 8.42 Å². The molecule has 0 spiro atoms. The van der Waals surface area contributed by atoms with E-state index in [2.05, 4.69) is 14.9 Å². The smallest absolute Gasteiger partial charge is 0.260 e. The van der Waals surface area contributed by atoms with Gasteiger partial charge in [0.05, 0.1) is 31.7 Å². The summed E-state index contributed by atoms with van der Waals surface area (Å²) in [6.45, 7) is 0. The Morgan fingerprint density at radius 1 is 1.04 bits per heavy atom. The van der Waals surface area contributed by atoms with Gasteiger partial charge in [0.25, 0.3) is 5.89 Å². The highest BCUT2D eigenvalue weighted by atomic mass is 32.2. The lowest BCUT2D eigenvalue weighted by Crippen LogP contribution is -2.10. The van der Waals surface area contributed by atoms with Crippen LogP contribution in [0.4, 0.5) is 5.69 Å². The second-order valence-corrected chi connectivity index (χ2v) is 7.16. The van der Waals surface area contributed by atoms with E-state index in [4.69, 9.17) is 14.0 Å². The Kier molecular flexibility index (Phi) is 4.81. The minimum absolute atomic E-state index is 0.196. The molecule has 1 N–H and O–H groups in total. The molecule has 3 aromatic rings. The summed E-state index contributed by atoms with van der Waals surface area (Å²) in [5.74, 6) is 1.66. The second-order valence-electron chi connectivity index (χ2n) is 5.41. The van der Waals surface area contributed by atoms with Crippen molar-refractivity contribution in [1.29, 1.82) is 0 Å². The van der Waals surface area contributed by atoms with Crippen LogP contribution in [-0.2, 0) is 10.0 Å². The molecule has 0 saturated carbocycles. The molecule has 0 aliphatic rings. The van der Waals surface area contributed by atoms with Gasteiger partial charge in [-0.15, -0.1) is 0 Å². The van der Waals surface area contributed by atoms with Crippen molar-refractivity contribution in [1.82, 2.24) is 10.1 Å². The quantitative estimate of drug-likeness (QED) is 0.706. The first-order valence-electron chi connectivity index (χ1n) is 7.54. The zero-order valence-electron chi connectivity index (χ0n) is 14.4. The summed E-state index contributed by atoms with van der Waals surface area (Å²) in [6.07, 6.45) is 1.08. The fourth-order valence-electron chi connectivity index (χ4n) is 2.38. The number of anilines is 1. The Hall–Kier alpha value is -3.07. The zero-order valence-corrected chi connectivity index (χ0v) is 15.2. The number of methoxy groups -OCH3 is 2. The van der Waals surface area contributed by atoms with E-state index in [0.29, 0.717) is 34.1 Å². The van der Waals surface area contributed by atoms with Gasteiger partial charge in [-0.3, -0.25) is 4.72 Å². The van der Waals surface area contributed by atoms with E-state index in [1.807, 2.05) is 0 Å². The molecule has 1 aromatic heterocycles. The largest absolute Gasteiger partial charge is 0.493 e. The lowest BCUT2D eigenvalue weighted by Gasteiger charge is -2.07. The predicted molar refractivity (Wildman–Crippen MR) is 96.7 cm³/mol. The van der Waals surface area contributed by atoms with Crippen LogP contribution in [0.5, 0.6) is 11.5 Å². The SMILES string of the molecule is COc1ccc(-c2noc(-c3ccccc3NS(C)(=O)=O)n2)cc1OC. The van der Waals surface area contributed by atoms with E-state index in [-0.39, 0.29) is 5.89 Å². The van der Waals surface area contributed by atoms with Gasteiger partial charge >= 0.3 is 0 Å². The minimum atomic E-state index is -3.44. The second kappa shape index (κ2) is 7.04. The van der Waals surface area contributed by atoms with Crippen LogP contribution in [0.3, 0.4) is 0 Å². The van der Waals surface area contributed by atoms with Gasteiger partial charge in [0, 0.05) is 5.56 Å². The Balaban J connectivity index is 1.99. The van der Waals surface area contributed by atoms with Crippen molar-refractivity contribution in [3.8, 4) is 34.3 Å². The van der Waals surface area contributed by atoms with Gasteiger partial charge in [-0.1, -0.05) is 17.3 Å². The van der Waals surface area contributed by atoms with Crippen molar-refractivity contribution >= 4 is 15.7 Å². The number of sulfonamides is 1. The summed E-state index contributed by atoms with van der Waals surface area (Å²) < 4.78 is 41.3. The predicted octanol–water partition coefficient (Wildman–Crippen LogP) is 2.79. The van der Waals surface area contributed by atoms with E-state index in [1.54, 1.807) is 49.6 Å². The molecule has 8 nitrogen and oxygen atoms in total. The third-order valence-electron chi connectivity index (χ3n) is 3.52. The van der Waals surface area contributed by atoms with E-state index >= 15 is 0 Å². The number of aromatic nitrogens is 2. The van der Waals surface area contributed by atoms with Crippen LogP contribution in [0.1, 0.15) is 0 Å². The van der Waals surface area contributed by atoms with Gasteiger partial charge in [0.1, 0.15) is 0 Å². The number of ether oxygens (including phenoxy) is 2. The van der Waals surface area contributed by atoms with Crippen LogP contribution in [0.2, 0.25) is 0 Å². The number of nitrogens with zero attached hydrogens (tertiary/aromatic N) is 2. The molecule has 0 radical (unpaired) electrons. The van der Waals surface area contributed by atoms with Gasteiger partial charge in [-0.2, -0.15) is 4.98 Å². The van der Waals surface area contributed by atoms with E-state index < -0.39 is 10.0 Å². The fraction of sp³-hybridized carbons (Fsp3) is 0.176. The molecule has 0 atom stereocenters. The van der Waals surface area contributed by atoms with Crippen LogP contribution < -0.4 is 14.2 Å². The van der Waals surface area contributed by atoms with Crippen molar-refractivity contribution in [3.63, 3.8) is 0 Å². The molecule has 1 heterocycles. The Morgan fingerprint density at radius 3 is 2.46 bits per heavy atom. The number of nitrogens with one attached hydrogen (secondary N) is 1. The fourth-order valence-corrected chi connectivity index (χ4v) is 2.96. The summed E-state index contributed by atoms with van der Waals surface area (Å²) in [5, 5.41) is 3.97. The zero-order chi connectivity index (χ0) is 18.7. The van der Waals surface area contributed by atoms with Gasteiger partial charge in [-0.05, 0) is 30.3 Å². The Labute approximate surface area is 150 Å². The maximum atomic E-state index is 11.5. The maximum Gasteiger partial charge on any atom is 0.260 e. The van der Waals surface area contributed by atoms with Crippen molar-refractivity contribution in [2.24, 2.45) is 0 Å². The highest BCUT2D eigenvalue weighted by Crippen LogP contribution is 2.33. The van der Waals surface area contributed by atoms with Crippen LogP contribution in [0.25, 0.3) is 22.8 Å². The minimum Gasteiger partial charge on any atom is -0.493 e. The monoisotopic (exact) mass is 375 g/mol. The molecule has 0 aliphatic heterocycles. The van der Waals surface area contributed by atoms with Crippen molar-refractivity contribution in [2.75, 3.05) is 25.2 Å². The number of hydrogen-bond donors (Lipinski definition) is 1. The van der Waals surface area contributed by atoms with Gasteiger partial charge in [0.15, 0.2) is 11.5 Å². The molecule has 2 aromatic carbocycles. The normalized spacial score (nSPS) is 11.2. The highest BCUT2D eigenvalue weighted by molar-refractivity contribution is 7.92. The van der Waals surface area contributed by atoms with E-state index in [0.717, 1.165) is 6.26 Å². The van der Waals surface area contributed by atoms with E-state index in [1.165, 1.54) is 7.11 Å². The van der Waals surface area contributed by atoms with Gasteiger partial charge < -0.3 is 14.0 Å². The molecule has 0 bridgehead atoms. The maximum absolute atomic E-state index is 11.5. The summed E-state index contributed by atoms with van der Waals surface area (Å²) in [5.41, 5.74) is 1.51. The molecule has 0 unspecified atom stereocenters. The van der Waals surface area contributed by atoms with Crippen LogP contribution in [0.15, 0.2) is 47.0 Å². The number of rotatable bonds is 6. The standard InChI is InChI=1S/C17H17N3O5S/c1-23-14-9-8-11(10-15(14)24-2)16-18-17(25-19-16)12-6-4-5-7-13(12)20-26(3,21)22/h4-10,20H,1-3H3. The molecule has 0 amide bonds. The van der Waals surface area contributed by atoms with Crippen LogP contribution >= 0.6 is 0 Å². The first kappa shape index (κ1) is 17.7. The van der Waals surface area contributed by atoms with Gasteiger partial charge in [0.2, 0.25) is 15.8 Å². The number of para-hydroxylation sites is 1. The molecule has 3 rings (SSSR count). The Morgan fingerprint density at radius 2 is 1.77 bits per heavy atom. The third kappa shape index (κ3) is 3.77. The van der Waals surface area contributed by atoms with Crippen LogP contribution in [-0.4, -0.2) is 39.0 Å². The summed E-state index contributed by atoms with van der Waals surface area (Å²) in [6, 6.07) is 12.0. The van der Waals surface area contributed by atoms with Crippen molar-refractivity contribution < 1.29 is 22.4 Å². The molecular formula is C17H17N3O5S. The third-order valence-corrected chi connectivity index (χ3v) is 4.11. The topological polar surface area (TPSA) is 104 Å².